The van der Waals surface area contributed by atoms with E-state index >= 15 is 0 Å². The number of fused-ring (bicyclic) bond motifs is 1. The highest BCUT2D eigenvalue weighted by Gasteiger charge is 2.24. The molecule has 150 valence electrons. The second-order valence-electron chi connectivity index (χ2n) is 7.29. The van der Waals surface area contributed by atoms with Crippen LogP contribution in [-0.4, -0.2) is 35.1 Å². The van der Waals surface area contributed by atoms with E-state index in [9.17, 15) is 9.18 Å². The zero-order valence-corrected chi connectivity index (χ0v) is 16.5. The van der Waals surface area contributed by atoms with Crippen LogP contribution in [0.2, 0.25) is 5.02 Å². The third-order valence-electron chi connectivity index (χ3n) is 4.34. The molecule has 1 aromatic carbocycles. The van der Waals surface area contributed by atoms with Crippen LogP contribution < -0.4 is 14.4 Å². The van der Waals surface area contributed by atoms with Gasteiger partial charge in [-0.25, -0.2) is 9.18 Å². The maximum Gasteiger partial charge on any atom is 0.511 e. The molecule has 1 aliphatic rings. The van der Waals surface area contributed by atoms with Gasteiger partial charge < -0.3 is 19.5 Å². The number of halogens is 2. The molecule has 0 amide bonds. The van der Waals surface area contributed by atoms with Crippen molar-refractivity contribution >= 4 is 23.4 Å². The molecule has 0 unspecified atom stereocenters. The van der Waals surface area contributed by atoms with E-state index in [1.807, 2.05) is 0 Å². The van der Waals surface area contributed by atoms with Crippen molar-refractivity contribution in [1.82, 2.24) is 4.98 Å². The van der Waals surface area contributed by atoms with E-state index < -0.39 is 11.8 Å². The van der Waals surface area contributed by atoms with Gasteiger partial charge in [0.25, 0.3) is 0 Å². The van der Waals surface area contributed by atoms with E-state index in [2.05, 4.69) is 9.88 Å². The normalized spacial score (nSPS) is 13.8. The number of alkyl halides is 1. The molecule has 28 heavy (non-hydrogen) atoms. The predicted molar refractivity (Wildman–Crippen MR) is 104 cm³/mol. The number of benzene rings is 1. The Labute approximate surface area is 167 Å². The van der Waals surface area contributed by atoms with E-state index in [0.29, 0.717) is 23.7 Å². The van der Waals surface area contributed by atoms with Crippen molar-refractivity contribution in [3.8, 4) is 11.5 Å². The molecular weight excluding hydrogens is 387 g/mol. The van der Waals surface area contributed by atoms with Crippen molar-refractivity contribution in [3.63, 3.8) is 0 Å². The average Bonchev–Trinajstić information content (AvgIpc) is 2.60. The molecular formula is C20H22ClFN2O4. The van der Waals surface area contributed by atoms with Crippen LogP contribution in [0.3, 0.4) is 0 Å². The van der Waals surface area contributed by atoms with Crippen molar-refractivity contribution < 1.29 is 23.8 Å². The van der Waals surface area contributed by atoms with Gasteiger partial charge in [-0.1, -0.05) is 11.6 Å². The highest BCUT2D eigenvalue weighted by Crippen LogP contribution is 2.35. The molecule has 6 nitrogen and oxygen atoms in total. The van der Waals surface area contributed by atoms with Crippen LogP contribution in [0.1, 0.15) is 31.4 Å². The number of hydrogen-bond acceptors (Lipinski definition) is 5. The molecule has 1 aromatic heterocycles. The lowest BCUT2D eigenvalue weighted by Gasteiger charge is -2.32. The first kappa shape index (κ1) is 20.2. The number of hydrogen-bond donors (Lipinski definition) is 1. The SMILES string of the molecule is CC(C)(F)COc1ccc(Cl)cc1CN1CCCc2c(OC(=O)O)cncc21. The highest BCUT2D eigenvalue weighted by atomic mass is 35.5. The lowest BCUT2D eigenvalue weighted by Crippen LogP contribution is -2.30. The Morgan fingerprint density at radius 3 is 2.86 bits per heavy atom. The summed E-state index contributed by atoms with van der Waals surface area (Å²) in [6.07, 6.45) is 3.27. The summed E-state index contributed by atoms with van der Waals surface area (Å²) in [7, 11) is 0. The van der Waals surface area contributed by atoms with Crippen LogP contribution in [0.5, 0.6) is 11.5 Å². The van der Waals surface area contributed by atoms with Gasteiger partial charge in [-0.2, -0.15) is 0 Å². The summed E-state index contributed by atoms with van der Waals surface area (Å²) in [5.41, 5.74) is 0.968. The minimum Gasteiger partial charge on any atom is -0.490 e. The summed E-state index contributed by atoms with van der Waals surface area (Å²) < 4.78 is 24.4. The zero-order valence-electron chi connectivity index (χ0n) is 15.7. The number of nitrogens with zero attached hydrogens (tertiary/aromatic N) is 2. The Kier molecular flexibility index (Phi) is 5.93. The first-order valence-corrected chi connectivity index (χ1v) is 9.33. The highest BCUT2D eigenvalue weighted by molar-refractivity contribution is 6.30. The van der Waals surface area contributed by atoms with Crippen LogP contribution in [0, 0.1) is 0 Å². The Morgan fingerprint density at radius 1 is 1.36 bits per heavy atom. The lowest BCUT2D eigenvalue weighted by molar-refractivity contribution is 0.120. The molecule has 0 atom stereocenters. The topological polar surface area (TPSA) is 71.9 Å². The molecule has 0 aliphatic carbocycles. The molecule has 0 spiro atoms. The van der Waals surface area contributed by atoms with Gasteiger partial charge in [0.15, 0.2) is 5.75 Å². The summed E-state index contributed by atoms with van der Waals surface area (Å²) in [6.45, 7) is 4.06. The Hall–Kier alpha value is -2.54. The van der Waals surface area contributed by atoms with Crippen LogP contribution in [0.25, 0.3) is 0 Å². The van der Waals surface area contributed by atoms with Gasteiger partial charge in [0, 0.05) is 29.2 Å². The molecule has 0 saturated carbocycles. The Morgan fingerprint density at radius 2 is 2.14 bits per heavy atom. The van der Waals surface area contributed by atoms with Gasteiger partial charge in [-0.3, -0.25) is 4.98 Å². The Bertz CT molecular complexity index is 870. The zero-order chi connectivity index (χ0) is 20.3. The molecule has 1 aliphatic heterocycles. The number of carboxylic acid groups (broad SMARTS) is 1. The van der Waals surface area contributed by atoms with Crippen LogP contribution in [0.4, 0.5) is 14.9 Å². The third kappa shape index (κ3) is 5.04. The minimum atomic E-state index is -1.46. The molecule has 2 heterocycles. The third-order valence-corrected chi connectivity index (χ3v) is 4.58. The van der Waals surface area contributed by atoms with E-state index in [1.165, 1.54) is 20.0 Å². The van der Waals surface area contributed by atoms with Gasteiger partial charge in [-0.05, 0) is 44.9 Å². The van der Waals surface area contributed by atoms with E-state index in [4.69, 9.17) is 26.2 Å². The van der Waals surface area contributed by atoms with Crippen molar-refractivity contribution in [3.05, 3.63) is 46.7 Å². The predicted octanol–water partition coefficient (Wildman–Crippen LogP) is 4.87. The smallest absolute Gasteiger partial charge is 0.490 e. The fourth-order valence-corrected chi connectivity index (χ4v) is 3.36. The molecule has 3 rings (SSSR count). The maximum absolute atomic E-state index is 13.9. The van der Waals surface area contributed by atoms with Crippen molar-refractivity contribution in [2.45, 2.75) is 38.9 Å². The summed E-state index contributed by atoms with van der Waals surface area (Å²) in [6, 6.07) is 5.23. The second-order valence-corrected chi connectivity index (χ2v) is 7.72. The van der Waals surface area contributed by atoms with Gasteiger partial charge in [-0.15, -0.1) is 0 Å². The van der Waals surface area contributed by atoms with Gasteiger partial charge in [0.2, 0.25) is 0 Å². The van der Waals surface area contributed by atoms with Gasteiger partial charge in [0.1, 0.15) is 18.0 Å². The summed E-state index contributed by atoms with van der Waals surface area (Å²) >= 11 is 6.16. The number of pyridine rings is 1. The van der Waals surface area contributed by atoms with E-state index in [0.717, 1.165) is 29.8 Å². The van der Waals surface area contributed by atoms with Crippen molar-refractivity contribution in [2.75, 3.05) is 18.1 Å². The largest absolute Gasteiger partial charge is 0.511 e. The van der Waals surface area contributed by atoms with Crippen molar-refractivity contribution in [1.29, 1.82) is 0 Å². The van der Waals surface area contributed by atoms with Gasteiger partial charge >= 0.3 is 6.16 Å². The standard InChI is InChI=1S/C20H22ClFN2O4/c1-20(2,22)12-27-17-6-5-14(21)8-13(17)11-24-7-3-4-15-16(24)9-23-10-18(15)28-19(25)26/h5-6,8-10H,3-4,7,11-12H2,1-2H3,(H,25,26). The molecule has 0 saturated heterocycles. The molecule has 8 heteroatoms. The number of anilines is 1. The van der Waals surface area contributed by atoms with Crippen molar-refractivity contribution in [2.24, 2.45) is 0 Å². The minimum absolute atomic E-state index is 0.0730. The number of carbonyl (C=O) groups is 1. The number of ether oxygens (including phenoxy) is 2. The first-order valence-electron chi connectivity index (χ1n) is 8.96. The maximum atomic E-state index is 13.9. The average molecular weight is 409 g/mol. The van der Waals surface area contributed by atoms with Crippen LogP contribution >= 0.6 is 11.6 Å². The van der Waals surface area contributed by atoms with E-state index in [-0.39, 0.29) is 12.4 Å². The summed E-state index contributed by atoms with van der Waals surface area (Å²) in [5, 5.41) is 9.49. The van der Waals surface area contributed by atoms with Crippen LogP contribution in [0.15, 0.2) is 30.6 Å². The molecule has 1 N–H and O–H groups in total. The summed E-state index contributed by atoms with van der Waals surface area (Å²) in [4.78, 5) is 17.1. The van der Waals surface area contributed by atoms with Gasteiger partial charge in [0.05, 0.1) is 18.1 Å². The molecule has 0 fully saturated rings. The fraction of sp³-hybridized carbons (Fsp3) is 0.400. The number of rotatable bonds is 6. The fourth-order valence-electron chi connectivity index (χ4n) is 3.16. The quantitative estimate of drug-likeness (QED) is 0.687. The molecule has 2 aromatic rings. The number of aromatic nitrogens is 1. The second kappa shape index (κ2) is 8.22. The molecule has 0 bridgehead atoms. The lowest BCUT2D eigenvalue weighted by atomic mass is 10.0. The summed E-state index contributed by atoms with van der Waals surface area (Å²) in [5.74, 6) is 0.810. The first-order chi connectivity index (χ1) is 13.2. The van der Waals surface area contributed by atoms with E-state index in [1.54, 1.807) is 24.4 Å². The molecule has 0 radical (unpaired) electrons. The van der Waals surface area contributed by atoms with Crippen LogP contribution in [-0.2, 0) is 13.0 Å². The monoisotopic (exact) mass is 408 g/mol. The Balaban J connectivity index is 1.88.